The third-order valence-corrected chi connectivity index (χ3v) is 2.77. The number of ether oxygens (including phenoxy) is 1. The van der Waals surface area contributed by atoms with Gasteiger partial charge in [-0.1, -0.05) is 11.6 Å². The van der Waals surface area contributed by atoms with Gasteiger partial charge in [-0.05, 0) is 31.2 Å². The zero-order valence-corrected chi connectivity index (χ0v) is 9.82. The van der Waals surface area contributed by atoms with Crippen LogP contribution in [0.2, 0.25) is 5.15 Å². The van der Waals surface area contributed by atoms with E-state index >= 15 is 0 Å². The Labute approximate surface area is 99.1 Å². The number of benzene rings is 1. The molecule has 0 saturated heterocycles. The van der Waals surface area contributed by atoms with Crippen LogP contribution in [-0.2, 0) is 0 Å². The molecule has 0 aliphatic rings. The summed E-state index contributed by atoms with van der Waals surface area (Å²) in [6.45, 7) is 1.90. The van der Waals surface area contributed by atoms with Crippen molar-refractivity contribution < 1.29 is 4.74 Å². The number of methoxy groups -OCH3 is 1. The summed E-state index contributed by atoms with van der Waals surface area (Å²) in [5.41, 5.74) is 2.74. The van der Waals surface area contributed by atoms with Gasteiger partial charge in [0.25, 0.3) is 0 Å². The minimum Gasteiger partial charge on any atom is -0.497 e. The number of hydrogen-bond donors (Lipinski definition) is 0. The first kappa shape index (κ1) is 10.9. The quantitative estimate of drug-likeness (QED) is 0.749. The van der Waals surface area contributed by atoms with E-state index in [4.69, 9.17) is 16.3 Å². The number of rotatable bonds is 2. The second kappa shape index (κ2) is 4.49. The fourth-order valence-corrected chi connectivity index (χ4v) is 1.60. The lowest BCUT2D eigenvalue weighted by atomic mass is 10.1. The summed E-state index contributed by atoms with van der Waals surface area (Å²) in [4.78, 5) is 8.16. The molecular weight excluding hydrogens is 224 g/mol. The molecule has 0 aliphatic carbocycles. The summed E-state index contributed by atoms with van der Waals surface area (Å²) in [5, 5.41) is 0.487. The molecule has 0 aliphatic heterocycles. The Bertz CT molecular complexity index is 497. The van der Waals surface area contributed by atoms with Gasteiger partial charge in [0.15, 0.2) is 0 Å². The number of hydrogen-bond acceptors (Lipinski definition) is 3. The predicted molar refractivity (Wildman–Crippen MR) is 63.8 cm³/mol. The molecular formula is C12H11ClN2O. The summed E-state index contributed by atoms with van der Waals surface area (Å²) in [6, 6.07) is 7.69. The Morgan fingerprint density at radius 2 is 1.81 bits per heavy atom. The molecule has 0 fully saturated rings. The molecule has 2 rings (SSSR count). The lowest BCUT2D eigenvalue weighted by Crippen LogP contribution is -1.91. The predicted octanol–water partition coefficient (Wildman–Crippen LogP) is 3.11. The Hall–Kier alpha value is -1.61. The van der Waals surface area contributed by atoms with Crippen LogP contribution in [0.3, 0.4) is 0 Å². The van der Waals surface area contributed by atoms with E-state index in [1.807, 2.05) is 31.2 Å². The zero-order chi connectivity index (χ0) is 11.5. The smallest absolute Gasteiger partial charge is 0.135 e. The van der Waals surface area contributed by atoms with E-state index in [0.717, 1.165) is 22.6 Å². The van der Waals surface area contributed by atoms with Crippen LogP contribution in [0.5, 0.6) is 5.75 Å². The molecule has 16 heavy (non-hydrogen) atoms. The molecule has 3 nitrogen and oxygen atoms in total. The topological polar surface area (TPSA) is 35.0 Å². The molecule has 0 amide bonds. The third-order valence-electron chi connectivity index (χ3n) is 2.39. The van der Waals surface area contributed by atoms with Gasteiger partial charge in [-0.3, -0.25) is 0 Å². The van der Waals surface area contributed by atoms with Gasteiger partial charge in [0.2, 0.25) is 0 Å². The molecule has 1 heterocycles. The van der Waals surface area contributed by atoms with Gasteiger partial charge in [-0.2, -0.15) is 0 Å². The fraction of sp³-hybridized carbons (Fsp3) is 0.167. The lowest BCUT2D eigenvalue weighted by molar-refractivity contribution is 0.415. The summed E-state index contributed by atoms with van der Waals surface area (Å²) < 4.78 is 5.10. The van der Waals surface area contributed by atoms with Crippen LogP contribution in [0.1, 0.15) is 5.56 Å². The molecule has 0 radical (unpaired) electrons. The average molecular weight is 235 g/mol. The molecule has 0 N–H and O–H groups in total. The molecule has 1 aromatic carbocycles. The maximum atomic E-state index is 5.95. The SMILES string of the molecule is COc1ccc(-c2ncnc(Cl)c2C)cc1. The normalized spacial score (nSPS) is 10.2. The van der Waals surface area contributed by atoms with Crippen molar-refractivity contribution >= 4 is 11.6 Å². The van der Waals surface area contributed by atoms with Crippen molar-refractivity contribution in [2.75, 3.05) is 7.11 Å². The minimum absolute atomic E-state index is 0.487. The van der Waals surface area contributed by atoms with Gasteiger partial charge < -0.3 is 4.74 Å². The van der Waals surface area contributed by atoms with Crippen molar-refractivity contribution in [3.05, 3.63) is 41.3 Å². The van der Waals surface area contributed by atoms with Gasteiger partial charge in [-0.15, -0.1) is 0 Å². The van der Waals surface area contributed by atoms with Gasteiger partial charge in [0, 0.05) is 11.1 Å². The van der Waals surface area contributed by atoms with Crippen molar-refractivity contribution in [1.82, 2.24) is 9.97 Å². The van der Waals surface area contributed by atoms with E-state index in [-0.39, 0.29) is 0 Å². The summed E-state index contributed by atoms with van der Waals surface area (Å²) in [5.74, 6) is 0.821. The van der Waals surface area contributed by atoms with Crippen molar-refractivity contribution in [3.63, 3.8) is 0 Å². The van der Waals surface area contributed by atoms with Crippen LogP contribution in [0.25, 0.3) is 11.3 Å². The Kier molecular flexibility index (Phi) is 3.06. The third kappa shape index (κ3) is 1.99. The van der Waals surface area contributed by atoms with Gasteiger partial charge in [0.05, 0.1) is 12.8 Å². The Morgan fingerprint density at radius 1 is 1.12 bits per heavy atom. The maximum absolute atomic E-state index is 5.95. The van der Waals surface area contributed by atoms with E-state index in [0.29, 0.717) is 5.15 Å². The van der Waals surface area contributed by atoms with E-state index in [1.54, 1.807) is 7.11 Å². The highest BCUT2D eigenvalue weighted by Gasteiger charge is 2.07. The van der Waals surface area contributed by atoms with E-state index in [2.05, 4.69) is 9.97 Å². The number of halogens is 1. The van der Waals surface area contributed by atoms with Crippen molar-refractivity contribution in [3.8, 4) is 17.0 Å². The minimum atomic E-state index is 0.487. The molecule has 0 saturated carbocycles. The second-order valence-electron chi connectivity index (χ2n) is 3.37. The van der Waals surface area contributed by atoms with Crippen molar-refractivity contribution in [2.24, 2.45) is 0 Å². The molecule has 0 bridgehead atoms. The number of aromatic nitrogens is 2. The first-order chi connectivity index (χ1) is 7.72. The molecule has 0 atom stereocenters. The average Bonchev–Trinajstić information content (AvgIpc) is 2.33. The van der Waals surface area contributed by atoms with Gasteiger partial charge in [-0.25, -0.2) is 9.97 Å². The highest BCUT2D eigenvalue weighted by molar-refractivity contribution is 6.30. The Morgan fingerprint density at radius 3 is 2.44 bits per heavy atom. The van der Waals surface area contributed by atoms with Crippen LogP contribution in [-0.4, -0.2) is 17.1 Å². The van der Waals surface area contributed by atoms with Crippen LogP contribution in [0.15, 0.2) is 30.6 Å². The molecule has 2 aromatic rings. The summed E-state index contributed by atoms with van der Waals surface area (Å²) in [7, 11) is 1.64. The largest absolute Gasteiger partial charge is 0.497 e. The standard InChI is InChI=1S/C12H11ClN2O/c1-8-11(14-7-15-12(8)13)9-3-5-10(16-2)6-4-9/h3-7H,1-2H3. The first-order valence-corrected chi connectivity index (χ1v) is 5.21. The number of nitrogens with zero attached hydrogens (tertiary/aromatic N) is 2. The van der Waals surface area contributed by atoms with Crippen LogP contribution in [0, 0.1) is 6.92 Å². The fourth-order valence-electron chi connectivity index (χ4n) is 1.47. The summed E-state index contributed by atoms with van der Waals surface area (Å²) in [6.07, 6.45) is 1.47. The van der Waals surface area contributed by atoms with Crippen molar-refractivity contribution in [2.45, 2.75) is 6.92 Å². The van der Waals surface area contributed by atoms with E-state index in [1.165, 1.54) is 6.33 Å². The van der Waals surface area contributed by atoms with Crippen molar-refractivity contribution in [1.29, 1.82) is 0 Å². The van der Waals surface area contributed by atoms with Crippen LogP contribution < -0.4 is 4.74 Å². The van der Waals surface area contributed by atoms with Gasteiger partial charge >= 0.3 is 0 Å². The van der Waals surface area contributed by atoms with E-state index < -0.39 is 0 Å². The summed E-state index contributed by atoms with van der Waals surface area (Å²) >= 11 is 5.95. The van der Waals surface area contributed by atoms with Crippen LogP contribution >= 0.6 is 11.6 Å². The monoisotopic (exact) mass is 234 g/mol. The maximum Gasteiger partial charge on any atom is 0.135 e. The molecule has 4 heteroatoms. The molecule has 0 unspecified atom stereocenters. The van der Waals surface area contributed by atoms with E-state index in [9.17, 15) is 0 Å². The highest BCUT2D eigenvalue weighted by atomic mass is 35.5. The Balaban J connectivity index is 2.46. The highest BCUT2D eigenvalue weighted by Crippen LogP contribution is 2.25. The molecule has 1 aromatic heterocycles. The first-order valence-electron chi connectivity index (χ1n) is 4.84. The van der Waals surface area contributed by atoms with Gasteiger partial charge in [0.1, 0.15) is 17.2 Å². The molecule has 82 valence electrons. The lowest BCUT2D eigenvalue weighted by Gasteiger charge is -2.06. The zero-order valence-electron chi connectivity index (χ0n) is 9.07. The second-order valence-corrected chi connectivity index (χ2v) is 3.72. The molecule has 0 spiro atoms. The van der Waals surface area contributed by atoms with Crippen LogP contribution in [0.4, 0.5) is 0 Å².